The Hall–Kier alpha value is -1.45. The van der Waals surface area contributed by atoms with Crippen molar-refractivity contribution < 1.29 is 5.11 Å². The molecule has 0 aliphatic heterocycles. The number of pyridine rings is 1. The Labute approximate surface area is 114 Å². The molecule has 2 N–H and O–H groups in total. The number of nitrogens with zero attached hydrogens (tertiary/aromatic N) is 1. The number of rotatable bonds is 6. The molecule has 0 spiro atoms. The van der Waals surface area contributed by atoms with E-state index >= 15 is 0 Å². The Morgan fingerprint density at radius 1 is 1.21 bits per heavy atom. The molecular weight excluding hydrogens is 236 g/mol. The standard InChI is InChI=1S/C16H22N2O/c1-3-16(2,10-11-19)17-12-14-9-8-13-6-4-5-7-15(13)18-14/h4-9,17,19H,3,10-12H2,1-2H3. The highest BCUT2D eigenvalue weighted by Gasteiger charge is 2.20. The third-order valence-electron chi connectivity index (χ3n) is 3.80. The Bertz CT molecular complexity index is 541. The van der Waals surface area contributed by atoms with Crippen LogP contribution in [0.5, 0.6) is 0 Å². The predicted octanol–water partition coefficient (Wildman–Crippen LogP) is 2.88. The van der Waals surface area contributed by atoms with Crippen molar-refractivity contribution in [3.05, 3.63) is 42.1 Å². The second kappa shape index (κ2) is 6.13. The summed E-state index contributed by atoms with van der Waals surface area (Å²) in [4.78, 5) is 4.65. The number of para-hydroxylation sites is 1. The molecule has 19 heavy (non-hydrogen) atoms. The maximum absolute atomic E-state index is 9.12. The third-order valence-corrected chi connectivity index (χ3v) is 3.80. The van der Waals surface area contributed by atoms with Gasteiger partial charge in [-0.1, -0.05) is 31.2 Å². The van der Waals surface area contributed by atoms with Gasteiger partial charge in [0.15, 0.2) is 0 Å². The summed E-state index contributed by atoms with van der Waals surface area (Å²) < 4.78 is 0. The number of nitrogens with one attached hydrogen (secondary N) is 1. The highest BCUT2D eigenvalue weighted by molar-refractivity contribution is 5.78. The topological polar surface area (TPSA) is 45.1 Å². The number of hydrogen-bond acceptors (Lipinski definition) is 3. The van der Waals surface area contributed by atoms with Gasteiger partial charge in [-0.2, -0.15) is 0 Å². The van der Waals surface area contributed by atoms with Crippen LogP contribution in [0.4, 0.5) is 0 Å². The van der Waals surface area contributed by atoms with E-state index in [1.54, 1.807) is 0 Å². The van der Waals surface area contributed by atoms with E-state index in [0.29, 0.717) is 0 Å². The van der Waals surface area contributed by atoms with Crippen molar-refractivity contribution in [2.24, 2.45) is 0 Å². The smallest absolute Gasteiger partial charge is 0.0705 e. The van der Waals surface area contributed by atoms with E-state index < -0.39 is 0 Å². The first-order chi connectivity index (χ1) is 9.17. The molecule has 3 nitrogen and oxygen atoms in total. The molecule has 0 aliphatic rings. The summed E-state index contributed by atoms with van der Waals surface area (Å²) in [6.45, 7) is 5.22. The van der Waals surface area contributed by atoms with Crippen molar-refractivity contribution in [3.63, 3.8) is 0 Å². The highest BCUT2D eigenvalue weighted by Crippen LogP contribution is 2.16. The van der Waals surface area contributed by atoms with Gasteiger partial charge in [0.25, 0.3) is 0 Å². The zero-order chi connectivity index (χ0) is 13.7. The predicted molar refractivity (Wildman–Crippen MR) is 79.0 cm³/mol. The van der Waals surface area contributed by atoms with Crippen LogP contribution < -0.4 is 5.32 Å². The molecule has 2 aromatic rings. The molecule has 0 saturated heterocycles. The Morgan fingerprint density at radius 3 is 2.74 bits per heavy atom. The van der Waals surface area contributed by atoms with E-state index in [4.69, 9.17) is 5.11 Å². The number of aliphatic hydroxyl groups is 1. The summed E-state index contributed by atoms with van der Waals surface area (Å²) in [5.41, 5.74) is 2.04. The number of fused-ring (bicyclic) bond motifs is 1. The number of benzene rings is 1. The van der Waals surface area contributed by atoms with E-state index in [1.165, 1.54) is 5.39 Å². The largest absolute Gasteiger partial charge is 0.396 e. The van der Waals surface area contributed by atoms with Crippen LogP contribution in [-0.2, 0) is 6.54 Å². The molecule has 1 aromatic carbocycles. The lowest BCUT2D eigenvalue weighted by Crippen LogP contribution is -2.42. The maximum atomic E-state index is 9.12. The van der Waals surface area contributed by atoms with E-state index in [0.717, 1.165) is 30.6 Å². The van der Waals surface area contributed by atoms with Crippen molar-refractivity contribution in [1.82, 2.24) is 10.3 Å². The van der Waals surface area contributed by atoms with Crippen molar-refractivity contribution in [1.29, 1.82) is 0 Å². The van der Waals surface area contributed by atoms with Crippen LogP contribution in [0.2, 0.25) is 0 Å². The van der Waals surface area contributed by atoms with Crippen LogP contribution in [0.15, 0.2) is 36.4 Å². The maximum Gasteiger partial charge on any atom is 0.0705 e. The molecule has 102 valence electrons. The van der Waals surface area contributed by atoms with Gasteiger partial charge in [0, 0.05) is 24.1 Å². The molecule has 0 amide bonds. The van der Waals surface area contributed by atoms with Crippen LogP contribution in [0.3, 0.4) is 0 Å². The van der Waals surface area contributed by atoms with Gasteiger partial charge in [-0.3, -0.25) is 4.98 Å². The quantitative estimate of drug-likeness (QED) is 0.837. The summed E-state index contributed by atoms with van der Waals surface area (Å²) in [5.74, 6) is 0. The minimum Gasteiger partial charge on any atom is -0.396 e. The number of hydrogen-bond donors (Lipinski definition) is 2. The molecule has 1 atom stereocenters. The first-order valence-electron chi connectivity index (χ1n) is 6.87. The minimum atomic E-state index is -0.0257. The second-order valence-corrected chi connectivity index (χ2v) is 5.24. The molecule has 1 heterocycles. The van der Waals surface area contributed by atoms with Crippen LogP contribution in [0.25, 0.3) is 10.9 Å². The lowest BCUT2D eigenvalue weighted by molar-refractivity contribution is 0.214. The van der Waals surface area contributed by atoms with Gasteiger partial charge in [-0.05, 0) is 31.9 Å². The molecule has 3 heteroatoms. The summed E-state index contributed by atoms with van der Waals surface area (Å²) in [6.07, 6.45) is 1.75. The van der Waals surface area contributed by atoms with Crippen molar-refractivity contribution >= 4 is 10.9 Å². The van der Waals surface area contributed by atoms with Gasteiger partial charge in [0.2, 0.25) is 0 Å². The highest BCUT2D eigenvalue weighted by atomic mass is 16.3. The van der Waals surface area contributed by atoms with Gasteiger partial charge < -0.3 is 10.4 Å². The van der Waals surface area contributed by atoms with Crippen molar-refractivity contribution in [2.45, 2.75) is 38.8 Å². The molecule has 0 saturated carbocycles. The van der Waals surface area contributed by atoms with E-state index in [-0.39, 0.29) is 12.1 Å². The molecule has 0 radical (unpaired) electrons. The third kappa shape index (κ3) is 3.52. The molecule has 0 bridgehead atoms. The molecule has 2 rings (SSSR count). The average Bonchev–Trinajstić information content (AvgIpc) is 2.45. The summed E-state index contributed by atoms with van der Waals surface area (Å²) in [6, 6.07) is 12.3. The average molecular weight is 258 g/mol. The number of aromatic nitrogens is 1. The van der Waals surface area contributed by atoms with Gasteiger partial charge >= 0.3 is 0 Å². The molecule has 1 aromatic heterocycles. The minimum absolute atomic E-state index is 0.0257. The zero-order valence-corrected chi connectivity index (χ0v) is 11.7. The van der Waals surface area contributed by atoms with Crippen LogP contribution in [0.1, 0.15) is 32.4 Å². The van der Waals surface area contributed by atoms with E-state index in [1.807, 2.05) is 18.2 Å². The Morgan fingerprint density at radius 2 is 2.00 bits per heavy atom. The summed E-state index contributed by atoms with van der Waals surface area (Å²) in [7, 11) is 0. The fourth-order valence-corrected chi connectivity index (χ4v) is 2.15. The van der Waals surface area contributed by atoms with Crippen molar-refractivity contribution in [2.75, 3.05) is 6.61 Å². The molecule has 0 fully saturated rings. The van der Waals surface area contributed by atoms with E-state index in [2.05, 4.69) is 42.3 Å². The summed E-state index contributed by atoms with van der Waals surface area (Å²) >= 11 is 0. The van der Waals surface area contributed by atoms with Gasteiger partial charge in [-0.25, -0.2) is 0 Å². The van der Waals surface area contributed by atoms with E-state index in [9.17, 15) is 0 Å². The lowest BCUT2D eigenvalue weighted by atomic mass is 9.95. The Balaban J connectivity index is 2.09. The zero-order valence-electron chi connectivity index (χ0n) is 11.7. The fourth-order valence-electron chi connectivity index (χ4n) is 2.15. The molecular formula is C16H22N2O. The van der Waals surface area contributed by atoms with Crippen LogP contribution in [0, 0.1) is 0 Å². The molecule has 0 aliphatic carbocycles. The Kier molecular flexibility index (Phi) is 4.51. The lowest BCUT2D eigenvalue weighted by Gasteiger charge is -2.29. The van der Waals surface area contributed by atoms with Crippen LogP contribution in [-0.4, -0.2) is 22.2 Å². The summed E-state index contributed by atoms with van der Waals surface area (Å²) in [5, 5.41) is 13.8. The van der Waals surface area contributed by atoms with Crippen molar-refractivity contribution in [3.8, 4) is 0 Å². The normalized spacial score (nSPS) is 14.5. The fraction of sp³-hybridized carbons (Fsp3) is 0.438. The second-order valence-electron chi connectivity index (χ2n) is 5.24. The first kappa shape index (κ1) is 14.0. The monoisotopic (exact) mass is 258 g/mol. The van der Waals surface area contributed by atoms with Gasteiger partial charge in [0.05, 0.1) is 11.2 Å². The van der Waals surface area contributed by atoms with Gasteiger partial charge in [0.1, 0.15) is 0 Å². The molecule has 1 unspecified atom stereocenters. The first-order valence-corrected chi connectivity index (χ1v) is 6.87. The SMILES string of the molecule is CCC(C)(CCO)NCc1ccc2ccccc2n1. The number of aliphatic hydroxyl groups excluding tert-OH is 1. The van der Waals surface area contributed by atoms with Gasteiger partial charge in [-0.15, -0.1) is 0 Å². The van der Waals surface area contributed by atoms with Crippen LogP contribution >= 0.6 is 0 Å².